The van der Waals surface area contributed by atoms with Gasteiger partial charge in [-0.1, -0.05) is 15.5 Å². The van der Waals surface area contributed by atoms with E-state index in [4.69, 9.17) is 5.26 Å². The van der Waals surface area contributed by atoms with Gasteiger partial charge in [0.15, 0.2) is 0 Å². The molecule has 0 fully saturated rings. The van der Waals surface area contributed by atoms with Gasteiger partial charge in [-0.3, -0.25) is 4.99 Å². The van der Waals surface area contributed by atoms with Crippen molar-refractivity contribution < 1.29 is 0 Å². The van der Waals surface area contributed by atoms with Crippen LogP contribution < -0.4 is 0 Å². The lowest BCUT2D eigenvalue weighted by atomic mass is 10.2. The normalized spacial score (nSPS) is 14.0. The molecule has 0 aliphatic heterocycles. The van der Waals surface area contributed by atoms with E-state index in [1.54, 1.807) is 13.3 Å². The molecule has 0 saturated heterocycles. The molecule has 0 aromatic heterocycles. The fourth-order valence-corrected chi connectivity index (χ4v) is 1.55. The highest BCUT2D eigenvalue weighted by atomic mass is 31.1. The molecule has 0 spiro atoms. The molecule has 0 N–H and O–H groups in total. The number of rotatable bonds is 3. The number of hydrogen-bond acceptors (Lipinski definition) is 2. The van der Waals surface area contributed by atoms with Gasteiger partial charge in [0, 0.05) is 13.3 Å². The first-order valence-corrected chi connectivity index (χ1v) is 5.03. The Kier molecular flexibility index (Phi) is 5.70. The maximum atomic E-state index is 8.70. The van der Waals surface area contributed by atoms with Gasteiger partial charge < -0.3 is 0 Å². The highest BCUT2D eigenvalue weighted by molar-refractivity contribution is 7.42. The summed E-state index contributed by atoms with van der Waals surface area (Å²) >= 11 is 0. The molecule has 60 valence electrons. The Morgan fingerprint density at radius 1 is 1.73 bits per heavy atom. The molecule has 11 heavy (non-hydrogen) atoms. The molecule has 1 unspecified atom stereocenters. The van der Waals surface area contributed by atoms with Crippen molar-refractivity contribution in [2.45, 2.75) is 13.3 Å². The van der Waals surface area contributed by atoms with Crippen molar-refractivity contribution in [3.05, 3.63) is 10.9 Å². The van der Waals surface area contributed by atoms with Crippen LogP contribution in [0.15, 0.2) is 15.9 Å². The van der Waals surface area contributed by atoms with Crippen LogP contribution in [0.2, 0.25) is 0 Å². The van der Waals surface area contributed by atoms with Crippen LogP contribution >= 0.6 is 8.58 Å². The van der Waals surface area contributed by atoms with E-state index in [0.717, 1.165) is 12.0 Å². The lowest BCUT2D eigenvalue weighted by Crippen LogP contribution is -1.85. The Balaban J connectivity index is 4.66. The number of nitrogens with zero attached hydrogens (tertiary/aromatic N) is 2. The van der Waals surface area contributed by atoms with Gasteiger partial charge in [-0.05, 0) is 18.4 Å². The summed E-state index contributed by atoms with van der Waals surface area (Å²) in [5.41, 5.74) is 0.732. The first-order chi connectivity index (χ1) is 5.29. The second kappa shape index (κ2) is 6.07. The van der Waals surface area contributed by atoms with E-state index >= 15 is 0 Å². The van der Waals surface area contributed by atoms with Gasteiger partial charge in [0.25, 0.3) is 0 Å². The minimum absolute atomic E-state index is 0.712. The van der Waals surface area contributed by atoms with Crippen LogP contribution in [0, 0.1) is 11.3 Å². The third-order valence-electron chi connectivity index (χ3n) is 1.36. The second-order valence-corrected chi connectivity index (χ2v) is 3.10. The lowest BCUT2D eigenvalue weighted by Gasteiger charge is -1.99. The van der Waals surface area contributed by atoms with E-state index in [0.29, 0.717) is 8.58 Å². The molecule has 1 atom stereocenters. The molecule has 0 radical (unpaired) electrons. The van der Waals surface area contributed by atoms with E-state index in [2.05, 4.69) is 24.7 Å². The molecular weight excluding hydrogens is 155 g/mol. The van der Waals surface area contributed by atoms with Gasteiger partial charge in [-0.2, -0.15) is 5.26 Å². The Morgan fingerprint density at radius 3 is 2.64 bits per heavy atom. The predicted octanol–water partition coefficient (Wildman–Crippen LogP) is 2.18. The van der Waals surface area contributed by atoms with Gasteiger partial charge in [-0.15, -0.1) is 0 Å². The van der Waals surface area contributed by atoms with Gasteiger partial charge in [0.05, 0.1) is 5.57 Å². The third kappa shape index (κ3) is 3.30. The summed E-state index contributed by atoms with van der Waals surface area (Å²) in [5, 5.41) is 9.90. The molecule has 0 bridgehead atoms. The van der Waals surface area contributed by atoms with Crippen molar-refractivity contribution in [1.82, 2.24) is 0 Å². The quantitative estimate of drug-likeness (QED) is 0.361. The van der Waals surface area contributed by atoms with Crippen LogP contribution in [0.1, 0.15) is 13.3 Å². The number of nitriles is 1. The van der Waals surface area contributed by atoms with Crippen LogP contribution in [0.25, 0.3) is 0 Å². The lowest BCUT2D eigenvalue weighted by molar-refractivity contribution is 1.19. The van der Waals surface area contributed by atoms with Crippen LogP contribution in [0.3, 0.4) is 0 Å². The molecule has 0 aliphatic carbocycles. The summed E-state index contributed by atoms with van der Waals surface area (Å²) in [7, 11) is 2.40. The van der Waals surface area contributed by atoms with E-state index in [1.165, 1.54) is 5.31 Å². The summed E-state index contributed by atoms with van der Waals surface area (Å²) in [6, 6.07) is 2.14. The highest BCUT2D eigenvalue weighted by Crippen LogP contribution is 2.24. The van der Waals surface area contributed by atoms with Crippen molar-refractivity contribution in [2.75, 3.05) is 13.7 Å². The maximum Gasteiger partial charge on any atom is 0.101 e. The molecule has 0 aromatic rings. The molecule has 0 aliphatic rings. The zero-order valence-electron chi connectivity index (χ0n) is 7.18. The first kappa shape index (κ1) is 10.3. The third-order valence-corrected chi connectivity index (χ3v) is 2.59. The summed E-state index contributed by atoms with van der Waals surface area (Å²) in [4.78, 5) is 3.82. The molecule has 0 heterocycles. The van der Waals surface area contributed by atoms with Crippen LogP contribution in [-0.4, -0.2) is 19.9 Å². The average molecular weight is 168 g/mol. The van der Waals surface area contributed by atoms with E-state index in [-0.39, 0.29) is 0 Å². The summed E-state index contributed by atoms with van der Waals surface area (Å²) in [6.07, 6.45) is 2.58. The molecule has 0 rings (SSSR count). The minimum atomic E-state index is 0.712. The smallest absolute Gasteiger partial charge is 0.101 e. The summed E-state index contributed by atoms with van der Waals surface area (Å²) in [6.45, 7) is 4.15. The average Bonchev–Trinajstić information content (AvgIpc) is 2.05. The molecule has 0 saturated carbocycles. The van der Waals surface area contributed by atoms with E-state index in [1.807, 2.05) is 0 Å². The topological polar surface area (TPSA) is 36.1 Å². The highest BCUT2D eigenvalue weighted by Gasteiger charge is 1.98. The molecule has 0 amide bonds. The van der Waals surface area contributed by atoms with Crippen molar-refractivity contribution in [3.63, 3.8) is 0 Å². The molecular formula is C8H13N2P. The number of aliphatic imine (C=N–C) groups is 1. The zero-order chi connectivity index (χ0) is 8.69. The standard InChI is InChI=1S/C8H13N2P/c1-4-8(11-3)7(5-9)6-10-2/h6,11H,4H2,1-3H3/b8-7+,10-6?. The van der Waals surface area contributed by atoms with Gasteiger partial charge in [-0.25, -0.2) is 0 Å². The number of allylic oxidation sites excluding steroid dienone is 2. The monoisotopic (exact) mass is 168 g/mol. The van der Waals surface area contributed by atoms with Crippen LogP contribution in [0.4, 0.5) is 0 Å². The molecule has 0 aromatic carbocycles. The fraction of sp³-hybridized carbons (Fsp3) is 0.500. The molecule has 2 nitrogen and oxygen atoms in total. The van der Waals surface area contributed by atoms with Crippen molar-refractivity contribution in [3.8, 4) is 6.07 Å². The SMILES string of the molecule is CC/C(PC)=C(/C#N)C=NC. The first-order valence-electron chi connectivity index (χ1n) is 3.53. The molecule has 3 heteroatoms. The second-order valence-electron chi connectivity index (χ2n) is 1.99. The Morgan fingerprint density at radius 2 is 2.36 bits per heavy atom. The zero-order valence-corrected chi connectivity index (χ0v) is 8.18. The van der Waals surface area contributed by atoms with Gasteiger partial charge in [0.2, 0.25) is 0 Å². The van der Waals surface area contributed by atoms with Crippen LogP contribution in [0.5, 0.6) is 0 Å². The maximum absolute atomic E-state index is 8.70. The van der Waals surface area contributed by atoms with E-state index < -0.39 is 0 Å². The number of hydrogen-bond donors (Lipinski definition) is 0. The van der Waals surface area contributed by atoms with Crippen molar-refractivity contribution >= 4 is 14.8 Å². The Hall–Kier alpha value is -0.670. The summed E-state index contributed by atoms with van der Waals surface area (Å²) in [5.74, 6) is 0. The van der Waals surface area contributed by atoms with Gasteiger partial charge in [0.1, 0.15) is 6.07 Å². The van der Waals surface area contributed by atoms with Gasteiger partial charge >= 0.3 is 0 Å². The Bertz CT molecular complexity index is 205. The Labute approximate surface area is 69.8 Å². The minimum Gasteiger partial charge on any atom is -0.295 e. The predicted molar refractivity (Wildman–Crippen MR) is 51.6 cm³/mol. The summed E-state index contributed by atoms with van der Waals surface area (Å²) < 4.78 is 0. The van der Waals surface area contributed by atoms with Crippen molar-refractivity contribution in [2.24, 2.45) is 4.99 Å². The largest absolute Gasteiger partial charge is 0.295 e. The van der Waals surface area contributed by atoms with Crippen molar-refractivity contribution in [1.29, 1.82) is 5.26 Å². The van der Waals surface area contributed by atoms with E-state index in [9.17, 15) is 0 Å². The fourth-order valence-electron chi connectivity index (χ4n) is 0.805. The van der Waals surface area contributed by atoms with Crippen LogP contribution in [-0.2, 0) is 0 Å².